The molecular formula is C11H16O3. The molecule has 1 aromatic carbocycles. The Hall–Kier alpha value is -1.22. The first kappa shape index (κ1) is 10.9. The SMILES string of the molecule is COc1cc(CC[C@H](C)O)ccc1O. The number of aromatic hydroxyl groups is 1. The van der Waals surface area contributed by atoms with Crippen molar-refractivity contribution in [1.29, 1.82) is 0 Å². The van der Waals surface area contributed by atoms with Gasteiger partial charge in [-0.3, -0.25) is 0 Å². The van der Waals surface area contributed by atoms with Gasteiger partial charge in [-0.15, -0.1) is 0 Å². The van der Waals surface area contributed by atoms with Crippen molar-refractivity contribution in [1.82, 2.24) is 0 Å². The second-order valence-electron chi connectivity index (χ2n) is 3.39. The van der Waals surface area contributed by atoms with Crippen LogP contribution in [0.3, 0.4) is 0 Å². The molecule has 0 unspecified atom stereocenters. The van der Waals surface area contributed by atoms with Gasteiger partial charge in [0.05, 0.1) is 13.2 Å². The first-order chi connectivity index (χ1) is 6.63. The van der Waals surface area contributed by atoms with Crippen molar-refractivity contribution in [2.45, 2.75) is 25.9 Å². The van der Waals surface area contributed by atoms with E-state index < -0.39 is 0 Å². The number of hydrogen-bond donors (Lipinski definition) is 2. The Morgan fingerprint density at radius 3 is 2.71 bits per heavy atom. The van der Waals surface area contributed by atoms with Gasteiger partial charge in [-0.25, -0.2) is 0 Å². The van der Waals surface area contributed by atoms with Gasteiger partial charge in [0.2, 0.25) is 0 Å². The molecule has 0 bridgehead atoms. The minimum absolute atomic E-state index is 0.147. The monoisotopic (exact) mass is 196 g/mol. The quantitative estimate of drug-likeness (QED) is 0.770. The van der Waals surface area contributed by atoms with Gasteiger partial charge in [0.15, 0.2) is 11.5 Å². The summed E-state index contributed by atoms with van der Waals surface area (Å²) in [4.78, 5) is 0. The number of aliphatic hydroxyl groups is 1. The van der Waals surface area contributed by atoms with Gasteiger partial charge in [-0.2, -0.15) is 0 Å². The number of aliphatic hydroxyl groups excluding tert-OH is 1. The highest BCUT2D eigenvalue weighted by Crippen LogP contribution is 2.26. The number of benzene rings is 1. The average Bonchev–Trinajstić information content (AvgIpc) is 2.16. The van der Waals surface area contributed by atoms with Gasteiger partial charge in [-0.05, 0) is 37.5 Å². The number of phenolic OH excluding ortho intramolecular Hbond substituents is 1. The molecule has 14 heavy (non-hydrogen) atoms. The van der Waals surface area contributed by atoms with Crippen LogP contribution in [0.2, 0.25) is 0 Å². The van der Waals surface area contributed by atoms with Crippen LogP contribution in [0.15, 0.2) is 18.2 Å². The molecule has 3 heteroatoms. The Bertz CT molecular complexity index is 295. The van der Waals surface area contributed by atoms with Crippen LogP contribution in [0.4, 0.5) is 0 Å². The van der Waals surface area contributed by atoms with Crippen molar-refractivity contribution in [3.05, 3.63) is 23.8 Å². The molecule has 1 aromatic rings. The fraction of sp³-hybridized carbons (Fsp3) is 0.455. The zero-order chi connectivity index (χ0) is 10.6. The smallest absolute Gasteiger partial charge is 0.160 e. The number of ether oxygens (including phenoxy) is 1. The van der Waals surface area contributed by atoms with Crippen LogP contribution in [0.25, 0.3) is 0 Å². The van der Waals surface area contributed by atoms with Crippen LogP contribution in [0.5, 0.6) is 11.5 Å². The van der Waals surface area contributed by atoms with Gasteiger partial charge >= 0.3 is 0 Å². The molecule has 0 radical (unpaired) electrons. The summed E-state index contributed by atoms with van der Waals surface area (Å²) in [5, 5.41) is 18.5. The van der Waals surface area contributed by atoms with E-state index in [0.29, 0.717) is 12.2 Å². The van der Waals surface area contributed by atoms with Gasteiger partial charge in [0.25, 0.3) is 0 Å². The van der Waals surface area contributed by atoms with Gasteiger partial charge in [-0.1, -0.05) is 6.07 Å². The van der Waals surface area contributed by atoms with Crippen molar-refractivity contribution in [3.8, 4) is 11.5 Å². The molecule has 0 aliphatic carbocycles. The van der Waals surface area contributed by atoms with Crippen molar-refractivity contribution >= 4 is 0 Å². The van der Waals surface area contributed by atoms with Gasteiger partial charge in [0, 0.05) is 0 Å². The minimum atomic E-state index is -0.296. The highest BCUT2D eigenvalue weighted by Gasteiger charge is 2.03. The first-order valence-corrected chi connectivity index (χ1v) is 4.67. The summed E-state index contributed by atoms with van der Waals surface area (Å²) in [5.41, 5.74) is 1.06. The molecule has 78 valence electrons. The van der Waals surface area contributed by atoms with Crippen LogP contribution in [-0.4, -0.2) is 23.4 Å². The molecule has 0 aliphatic heterocycles. The molecule has 0 spiro atoms. The van der Waals surface area contributed by atoms with E-state index in [0.717, 1.165) is 12.0 Å². The van der Waals surface area contributed by atoms with Crippen LogP contribution in [0, 0.1) is 0 Å². The summed E-state index contributed by atoms with van der Waals surface area (Å²) >= 11 is 0. The Labute approximate surface area is 84.0 Å². The fourth-order valence-corrected chi connectivity index (χ4v) is 1.25. The molecular weight excluding hydrogens is 180 g/mol. The molecule has 0 amide bonds. The molecule has 0 heterocycles. The largest absolute Gasteiger partial charge is 0.504 e. The van der Waals surface area contributed by atoms with Crippen LogP contribution < -0.4 is 4.74 Å². The number of aryl methyl sites for hydroxylation is 1. The molecule has 1 rings (SSSR count). The van der Waals surface area contributed by atoms with Gasteiger partial charge < -0.3 is 14.9 Å². The maximum absolute atomic E-state index is 9.34. The molecule has 3 nitrogen and oxygen atoms in total. The third kappa shape index (κ3) is 2.92. The summed E-state index contributed by atoms with van der Waals surface area (Å²) in [5.74, 6) is 0.626. The standard InChI is InChI=1S/C11H16O3/c1-8(12)3-4-9-5-6-10(13)11(7-9)14-2/h5-8,12-13H,3-4H2,1-2H3/t8-/m0/s1. The number of phenols is 1. The van der Waals surface area contributed by atoms with E-state index in [1.165, 1.54) is 7.11 Å². The highest BCUT2D eigenvalue weighted by molar-refractivity contribution is 5.41. The topological polar surface area (TPSA) is 49.7 Å². The third-order valence-corrected chi connectivity index (χ3v) is 2.09. The lowest BCUT2D eigenvalue weighted by molar-refractivity contribution is 0.185. The summed E-state index contributed by atoms with van der Waals surface area (Å²) in [6, 6.07) is 5.23. The normalized spacial score (nSPS) is 12.5. The number of rotatable bonds is 4. The highest BCUT2D eigenvalue weighted by atomic mass is 16.5. The predicted molar refractivity (Wildman–Crippen MR) is 54.7 cm³/mol. The van der Waals surface area contributed by atoms with Crippen LogP contribution >= 0.6 is 0 Å². The Balaban J connectivity index is 2.69. The Morgan fingerprint density at radius 2 is 2.14 bits per heavy atom. The number of hydrogen-bond acceptors (Lipinski definition) is 3. The summed E-state index contributed by atoms with van der Waals surface area (Å²) in [6.45, 7) is 1.76. The third-order valence-electron chi connectivity index (χ3n) is 2.09. The Morgan fingerprint density at radius 1 is 1.43 bits per heavy atom. The second kappa shape index (κ2) is 4.86. The first-order valence-electron chi connectivity index (χ1n) is 4.67. The van der Waals surface area contributed by atoms with E-state index in [1.54, 1.807) is 19.1 Å². The van der Waals surface area contributed by atoms with E-state index in [-0.39, 0.29) is 11.9 Å². The van der Waals surface area contributed by atoms with E-state index in [2.05, 4.69) is 0 Å². The minimum Gasteiger partial charge on any atom is -0.504 e. The van der Waals surface area contributed by atoms with Crippen molar-refractivity contribution in [2.24, 2.45) is 0 Å². The van der Waals surface area contributed by atoms with E-state index in [1.807, 2.05) is 6.07 Å². The zero-order valence-corrected chi connectivity index (χ0v) is 8.53. The maximum Gasteiger partial charge on any atom is 0.160 e. The summed E-state index contributed by atoms with van der Waals surface area (Å²) in [6.07, 6.45) is 1.21. The van der Waals surface area contributed by atoms with E-state index >= 15 is 0 Å². The van der Waals surface area contributed by atoms with E-state index in [9.17, 15) is 5.11 Å². The molecule has 2 N–H and O–H groups in total. The lowest BCUT2D eigenvalue weighted by Gasteiger charge is -2.07. The molecule has 0 aliphatic rings. The maximum atomic E-state index is 9.34. The summed E-state index contributed by atoms with van der Waals surface area (Å²) < 4.78 is 4.98. The molecule has 0 saturated heterocycles. The van der Waals surface area contributed by atoms with Gasteiger partial charge in [0.1, 0.15) is 0 Å². The van der Waals surface area contributed by atoms with E-state index in [4.69, 9.17) is 9.84 Å². The average molecular weight is 196 g/mol. The molecule has 0 saturated carbocycles. The van der Waals surface area contributed by atoms with Crippen molar-refractivity contribution in [2.75, 3.05) is 7.11 Å². The summed E-state index contributed by atoms with van der Waals surface area (Å²) in [7, 11) is 1.52. The fourth-order valence-electron chi connectivity index (χ4n) is 1.25. The lowest BCUT2D eigenvalue weighted by atomic mass is 10.1. The van der Waals surface area contributed by atoms with Crippen molar-refractivity contribution in [3.63, 3.8) is 0 Å². The Kier molecular flexibility index (Phi) is 3.77. The zero-order valence-electron chi connectivity index (χ0n) is 8.53. The van der Waals surface area contributed by atoms with Crippen LogP contribution in [-0.2, 0) is 6.42 Å². The van der Waals surface area contributed by atoms with Crippen LogP contribution in [0.1, 0.15) is 18.9 Å². The predicted octanol–water partition coefficient (Wildman–Crippen LogP) is 1.71. The van der Waals surface area contributed by atoms with Crippen molar-refractivity contribution < 1.29 is 14.9 Å². The molecule has 0 aromatic heterocycles. The second-order valence-corrected chi connectivity index (χ2v) is 3.39. The number of methoxy groups -OCH3 is 1. The molecule has 1 atom stereocenters. The lowest BCUT2D eigenvalue weighted by Crippen LogP contribution is -2.01. The molecule has 0 fully saturated rings.